The lowest BCUT2D eigenvalue weighted by Crippen LogP contribution is -2.61. The summed E-state index contributed by atoms with van der Waals surface area (Å²) in [5.41, 5.74) is 1.54. The summed E-state index contributed by atoms with van der Waals surface area (Å²) >= 11 is 0. The van der Waals surface area contributed by atoms with Crippen LogP contribution in [0, 0.1) is 5.92 Å². The lowest BCUT2D eigenvalue weighted by atomic mass is 9.86. The molecular weight excluding hydrogens is 220 g/mol. The number of nitrogens with zero attached hydrogens (tertiary/aromatic N) is 1. The first kappa shape index (κ1) is 13.6. The zero-order valence-corrected chi connectivity index (χ0v) is 12.1. The normalized spacial score (nSPS) is 29.7. The van der Waals surface area contributed by atoms with Crippen LogP contribution in [0.2, 0.25) is 0 Å². The second-order valence-corrected chi connectivity index (χ2v) is 6.22. The Labute approximate surface area is 111 Å². The van der Waals surface area contributed by atoms with E-state index in [9.17, 15) is 0 Å². The molecule has 0 aromatic heterocycles. The summed E-state index contributed by atoms with van der Waals surface area (Å²) < 4.78 is 0. The zero-order valence-electron chi connectivity index (χ0n) is 12.1. The van der Waals surface area contributed by atoms with Crippen molar-refractivity contribution in [1.29, 1.82) is 0 Å². The van der Waals surface area contributed by atoms with Gasteiger partial charge < -0.3 is 5.32 Å². The average Bonchev–Trinajstić information content (AvgIpc) is 2.34. The predicted molar refractivity (Wildman–Crippen MR) is 77.7 cm³/mol. The fraction of sp³-hybridized carbons (Fsp3) is 0.625. The molecule has 2 unspecified atom stereocenters. The van der Waals surface area contributed by atoms with Gasteiger partial charge in [-0.1, -0.05) is 44.2 Å². The van der Waals surface area contributed by atoms with Crippen molar-refractivity contribution < 1.29 is 0 Å². The summed E-state index contributed by atoms with van der Waals surface area (Å²) in [7, 11) is 0. The third kappa shape index (κ3) is 2.76. The first-order valence-corrected chi connectivity index (χ1v) is 7.06. The molecule has 1 aromatic carbocycles. The van der Waals surface area contributed by atoms with Crippen LogP contribution in [0.3, 0.4) is 0 Å². The zero-order chi connectivity index (χ0) is 13.2. The maximum atomic E-state index is 3.63. The Balaban J connectivity index is 2.27. The fourth-order valence-corrected chi connectivity index (χ4v) is 2.88. The lowest BCUT2D eigenvalue weighted by Gasteiger charge is -2.48. The van der Waals surface area contributed by atoms with Gasteiger partial charge in [-0.25, -0.2) is 0 Å². The van der Waals surface area contributed by atoms with E-state index in [1.54, 1.807) is 0 Å². The van der Waals surface area contributed by atoms with E-state index in [2.05, 4.69) is 68.2 Å². The molecule has 0 amide bonds. The third-order valence-electron chi connectivity index (χ3n) is 3.97. The number of hydrogen-bond acceptors (Lipinski definition) is 2. The van der Waals surface area contributed by atoms with Gasteiger partial charge in [0.15, 0.2) is 0 Å². The molecule has 1 aliphatic rings. The van der Waals surface area contributed by atoms with Gasteiger partial charge in [-0.05, 0) is 25.3 Å². The van der Waals surface area contributed by atoms with Gasteiger partial charge in [0.05, 0.1) is 5.54 Å². The molecule has 2 heteroatoms. The minimum absolute atomic E-state index is 0.123. The summed E-state index contributed by atoms with van der Waals surface area (Å²) in [4.78, 5) is 2.65. The van der Waals surface area contributed by atoms with Crippen molar-refractivity contribution >= 4 is 0 Å². The van der Waals surface area contributed by atoms with Crippen molar-refractivity contribution in [3.05, 3.63) is 35.9 Å². The highest BCUT2D eigenvalue weighted by Gasteiger charge is 2.37. The highest BCUT2D eigenvalue weighted by atomic mass is 15.3. The van der Waals surface area contributed by atoms with Gasteiger partial charge in [-0.15, -0.1) is 0 Å². The van der Waals surface area contributed by atoms with Gasteiger partial charge in [0, 0.05) is 25.7 Å². The molecule has 0 radical (unpaired) electrons. The van der Waals surface area contributed by atoms with Crippen LogP contribution >= 0.6 is 0 Å². The van der Waals surface area contributed by atoms with Gasteiger partial charge >= 0.3 is 0 Å². The van der Waals surface area contributed by atoms with E-state index in [0.717, 1.165) is 19.6 Å². The average molecular weight is 246 g/mol. The van der Waals surface area contributed by atoms with Gasteiger partial charge in [0.25, 0.3) is 0 Å². The molecule has 1 N–H and O–H groups in total. The highest BCUT2D eigenvalue weighted by molar-refractivity contribution is 5.25. The molecule has 1 heterocycles. The van der Waals surface area contributed by atoms with Crippen LogP contribution in [0.5, 0.6) is 0 Å². The van der Waals surface area contributed by atoms with Crippen LogP contribution in [0.4, 0.5) is 0 Å². The quantitative estimate of drug-likeness (QED) is 0.882. The van der Waals surface area contributed by atoms with Crippen molar-refractivity contribution in [1.82, 2.24) is 10.2 Å². The van der Waals surface area contributed by atoms with Gasteiger partial charge in [-0.2, -0.15) is 0 Å². The number of rotatable bonds is 3. The molecule has 0 spiro atoms. The third-order valence-corrected chi connectivity index (χ3v) is 3.97. The van der Waals surface area contributed by atoms with E-state index in [1.165, 1.54) is 5.56 Å². The molecule has 0 aliphatic carbocycles. The largest absolute Gasteiger partial charge is 0.311 e. The van der Waals surface area contributed by atoms with E-state index in [4.69, 9.17) is 0 Å². The molecule has 0 bridgehead atoms. The van der Waals surface area contributed by atoms with Crippen LogP contribution in [-0.4, -0.2) is 30.6 Å². The van der Waals surface area contributed by atoms with E-state index in [0.29, 0.717) is 12.0 Å². The topological polar surface area (TPSA) is 15.3 Å². The molecule has 2 rings (SSSR count). The Morgan fingerprint density at radius 2 is 2.00 bits per heavy atom. The number of piperazine rings is 1. The van der Waals surface area contributed by atoms with Gasteiger partial charge in [-0.3, -0.25) is 4.90 Å². The first-order valence-electron chi connectivity index (χ1n) is 7.06. The predicted octanol–water partition coefficient (Wildman–Crippen LogP) is 2.85. The second kappa shape index (κ2) is 5.41. The molecule has 18 heavy (non-hydrogen) atoms. The van der Waals surface area contributed by atoms with E-state index >= 15 is 0 Å². The summed E-state index contributed by atoms with van der Waals surface area (Å²) in [6.45, 7) is 12.6. The van der Waals surface area contributed by atoms with Crippen LogP contribution in [0.25, 0.3) is 0 Å². The minimum atomic E-state index is 0.123. The van der Waals surface area contributed by atoms with Crippen molar-refractivity contribution in [3.8, 4) is 0 Å². The van der Waals surface area contributed by atoms with E-state index in [-0.39, 0.29) is 5.54 Å². The molecule has 0 saturated carbocycles. The van der Waals surface area contributed by atoms with Crippen molar-refractivity contribution in [2.24, 2.45) is 5.92 Å². The van der Waals surface area contributed by atoms with Gasteiger partial charge in [0.1, 0.15) is 0 Å². The molecule has 1 aliphatic heterocycles. The Morgan fingerprint density at radius 1 is 1.33 bits per heavy atom. The van der Waals surface area contributed by atoms with E-state index in [1.807, 2.05) is 0 Å². The van der Waals surface area contributed by atoms with E-state index < -0.39 is 0 Å². The Bertz CT molecular complexity index is 372. The van der Waals surface area contributed by atoms with Crippen LogP contribution in [-0.2, 0) is 5.54 Å². The Kier molecular flexibility index (Phi) is 4.08. The summed E-state index contributed by atoms with van der Waals surface area (Å²) in [5, 5.41) is 3.63. The molecule has 2 nitrogen and oxygen atoms in total. The molecule has 100 valence electrons. The van der Waals surface area contributed by atoms with Crippen molar-refractivity contribution in [2.45, 2.75) is 39.3 Å². The summed E-state index contributed by atoms with van der Waals surface area (Å²) in [6, 6.07) is 11.5. The molecular formula is C16H26N2. The Morgan fingerprint density at radius 3 is 2.61 bits per heavy atom. The minimum Gasteiger partial charge on any atom is -0.311 e. The summed E-state index contributed by atoms with van der Waals surface area (Å²) in [5.74, 6) is 0.707. The molecule has 1 saturated heterocycles. The maximum absolute atomic E-state index is 3.63. The number of hydrogen-bond donors (Lipinski definition) is 1. The SMILES string of the molecule is CC(C)CN1CC(C)NCC1(C)c1ccccc1. The van der Waals surface area contributed by atoms with Crippen molar-refractivity contribution in [3.63, 3.8) is 0 Å². The van der Waals surface area contributed by atoms with Crippen LogP contribution < -0.4 is 5.32 Å². The molecule has 1 aromatic rings. The first-order chi connectivity index (χ1) is 8.52. The second-order valence-electron chi connectivity index (χ2n) is 6.22. The fourth-order valence-electron chi connectivity index (χ4n) is 2.88. The number of benzene rings is 1. The highest BCUT2D eigenvalue weighted by Crippen LogP contribution is 2.31. The van der Waals surface area contributed by atoms with Crippen molar-refractivity contribution in [2.75, 3.05) is 19.6 Å². The van der Waals surface area contributed by atoms with Crippen LogP contribution in [0.1, 0.15) is 33.3 Å². The Hall–Kier alpha value is -0.860. The molecule has 1 fully saturated rings. The lowest BCUT2D eigenvalue weighted by molar-refractivity contribution is 0.0428. The maximum Gasteiger partial charge on any atom is 0.0558 e. The monoisotopic (exact) mass is 246 g/mol. The summed E-state index contributed by atoms with van der Waals surface area (Å²) in [6.07, 6.45) is 0. The van der Waals surface area contributed by atoms with Crippen LogP contribution in [0.15, 0.2) is 30.3 Å². The smallest absolute Gasteiger partial charge is 0.0558 e. The molecule has 2 atom stereocenters. The number of nitrogens with one attached hydrogen (secondary N) is 1. The van der Waals surface area contributed by atoms with Gasteiger partial charge in [0.2, 0.25) is 0 Å². The standard InChI is InChI=1S/C16H26N2/c1-13(2)10-18-11-14(3)17-12-16(18,4)15-8-6-5-7-9-15/h5-9,13-14,17H,10-12H2,1-4H3.